The van der Waals surface area contributed by atoms with E-state index in [0.29, 0.717) is 5.56 Å². The fraction of sp³-hybridized carbons (Fsp3) is 0.500. The predicted molar refractivity (Wildman–Crippen MR) is 51.5 cm³/mol. The molecule has 3 nitrogen and oxygen atoms in total. The van der Waals surface area contributed by atoms with Gasteiger partial charge in [0.1, 0.15) is 0 Å². The second kappa shape index (κ2) is 3.73. The Morgan fingerprint density at radius 3 is 2.31 bits per heavy atom. The molecule has 0 aliphatic carbocycles. The second-order valence-corrected chi connectivity index (χ2v) is 3.36. The molecule has 1 aliphatic rings. The first-order valence-electron chi connectivity index (χ1n) is 4.69. The standard InChI is InChI=1S/C10H13N3/c1-9-7-11-10(12-8-9)13-5-3-2-4-6-13/h1,7-8H,2-6H2. The highest BCUT2D eigenvalue weighted by Gasteiger charge is 2.12. The largest absolute Gasteiger partial charge is 0.341 e. The van der Waals surface area contributed by atoms with Crippen molar-refractivity contribution in [3.63, 3.8) is 0 Å². The van der Waals surface area contributed by atoms with Gasteiger partial charge in [-0.1, -0.05) is 0 Å². The van der Waals surface area contributed by atoms with Crippen molar-refractivity contribution in [1.82, 2.24) is 9.97 Å². The van der Waals surface area contributed by atoms with Gasteiger partial charge in [-0.25, -0.2) is 9.97 Å². The van der Waals surface area contributed by atoms with Gasteiger partial charge in [-0.15, -0.1) is 0 Å². The molecule has 2 radical (unpaired) electrons. The summed E-state index contributed by atoms with van der Waals surface area (Å²) in [5.41, 5.74) is 0.626. The highest BCUT2D eigenvalue weighted by molar-refractivity contribution is 5.30. The Morgan fingerprint density at radius 1 is 1.08 bits per heavy atom. The van der Waals surface area contributed by atoms with Gasteiger partial charge in [0.05, 0.1) is 0 Å². The monoisotopic (exact) mass is 175 g/mol. The number of nitrogens with zero attached hydrogens (tertiary/aromatic N) is 3. The summed E-state index contributed by atoms with van der Waals surface area (Å²) in [6, 6.07) is 0. The van der Waals surface area contributed by atoms with Crippen LogP contribution in [0.15, 0.2) is 12.4 Å². The van der Waals surface area contributed by atoms with Crippen molar-refractivity contribution in [1.29, 1.82) is 0 Å². The molecule has 13 heavy (non-hydrogen) atoms. The van der Waals surface area contributed by atoms with Gasteiger partial charge >= 0.3 is 0 Å². The average Bonchev–Trinajstić information content (AvgIpc) is 2.20. The molecule has 1 aromatic heterocycles. The summed E-state index contributed by atoms with van der Waals surface area (Å²) in [7, 11) is 0. The molecule has 1 saturated heterocycles. The molecule has 1 fully saturated rings. The van der Waals surface area contributed by atoms with E-state index >= 15 is 0 Å². The highest BCUT2D eigenvalue weighted by atomic mass is 15.2. The smallest absolute Gasteiger partial charge is 0.225 e. The zero-order valence-corrected chi connectivity index (χ0v) is 7.61. The van der Waals surface area contributed by atoms with Gasteiger partial charge in [-0.3, -0.25) is 0 Å². The fourth-order valence-electron chi connectivity index (χ4n) is 1.59. The molecule has 3 heteroatoms. The molecule has 0 aromatic carbocycles. The van der Waals surface area contributed by atoms with E-state index in [1.165, 1.54) is 19.3 Å². The van der Waals surface area contributed by atoms with E-state index in [4.69, 9.17) is 6.92 Å². The molecule has 0 bridgehead atoms. The highest BCUT2D eigenvalue weighted by Crippen LogP contribution is 2.14. The maximum atomic E-state index is 5.51. The Bertz CT molecular complexity index is 262. The molecule has 0 N–H and O–H groups in total. The SMILES string of the molecule is [CH]c1cnc(N2CCCCC2)nc1. The molecule has 0 amide bonds. The Morgan fingerprint density at radius 2 is 1.69 bits per heavy atom. The molecule has 0 unspecified atom stereocenters. The minimum atomic E-state index is 0.626. The van der Waals surface area contributed by atoms with Crippen LogP contribution >= 0.6 is 0 Å². The van der Waals surface area contributed by atoms with E-state index in [9.17, 15) is 0 Å². The minimum Gasteiger partial charge on any atom is -0.341 e. The Kier molecular flexibility index (Phi) is 2.43. The second-order valence-electron chi connectivity index (χ2n) is 3.36. The van der Waals surface area contributed by atoms with Crippen LogP contribution in [0, 0.1) is 6.92 Å². The molecule has 2 rings (SSSR count). The summed E-state index contributed by atoms with van der Waals surface area (Å²) in [6.07, 6.45) is 7.14. The van der Waals surface area contributed by atoms with Gasteiger partial charge in [0.15, 0.2) is 0 Å². The average molecular weight is 175 g/mol. The minimum absolute atomic E-state index is 0.626. The first-order chi connectivity index (χ1) is 6.36. The Labute approximate surface area is 78.8 Å². The number of piperidine rings is 1. The quantitative estimate of drug-likeness (QED) is 0.648. The number of rotatable bonds is 1. The van der Waals surface area contributed by atoms with Gasteiger partial charge in [0.2, 0.25) is 5.95 Å². The van der Waals surface area contributed by atoms with Gasteiger partial charge in [0.25, 0.3) is 0 Å². The third-order valence-electron chi connectivity index (χ3n) is 2.30. The Hall–Kier alpha value is -1.12. The molecular weight excluding hydrogens is 162 g/mol. The topological polar surface area (TPSA) is 29.0 Å². The van der Waals surface area contributed by atoms with Crippen LogP contribution in [0.2, 0.25) is 0 Å². The van der Waals surface area contributed by atoms with Gasteiger partial charge in [0, 0.05) is 32.4 Å². The normalized spacial score (nSPS) is 17.5. The third kappa shape index (κ3) is 1.97. The maximum Gasteiger partial charge on any atom is 0.225 e. The first-order valence-corrected chi connectivity index (χ1v) is 4.69. The number of anilines is 1. The van der Waals surface area contributed by atoms with Gasteiger partial charge < -0.3 is 4.90 Å². The van der Waals surface area contributed by atoms with E-state index in [2.05, 4.69) is 14.9 Å². The molecule has 1 aliphatic heterocycles. The lowest BCUT2D eigenvalue weighted by atomic mass is 10.1. The summed E-state index contributed by atoms with van der Waals surface area (Å²) in [5, 5.41) is 0. The van der Waals surface area contributed by atoms with Gasteiger partial charge in [-0.2, -0.15) is 0 Å². The Balaban J connectivity index is 2.10. The summed E-state index contributed by atoms with van der Waals surface area (Å²) in [6.45, 7) is 7.66. The van der Waals surface area contributed by atoms with Crippen molar-refractivity contribution in [2.24, 2.45) is 0 Å². The zero-order valence-electron chi connectivity index (χ0n) is 7.61. The molecule has 68 valence electrons. The summed E-state index contributed by atoms with van der Waals surface area (Å²) in [4.78, 5) is 10.6. The van der Waals surface area contributed by atoms with Crippen LogP contribution in [-0.2, 0) is 0 Å². The lowest BCUT2D eigenvalue weighted by molar-refractivity contribution is 0.568. The molecule has 0 saturated carbocycles. The van der Waals surface area contributed by atoms with E-state index < -0.39 is 0 Å². The van der Waals surface area contributed by atoms with Crippen molar-refractivity contribution in [3.05, 3.63) is 24.9 Å². The molecule has 1 aromatic rings. The van der Waals surface area contributed by atoms with Crippen molar-refractivity contribution in [3.8, 4) is 0 Å². The number of hydrogen-bond acceptors (Lipinski definition) is 3. The van der Waals surface area contributed by atoms with Crippen LogP contribution in [0.25, 0.3) is 0 Å². The summed E-state index contributed by atoms with van der Waals surface area (Å²) in [5.74, 6) is 0.814. The van der Waals surface area contributed by atoms with Crippen LogP contribution in [0.4, 0.5) is 5.95 Å². The maximum absolute atomic E-state index is 5.51. The predicted octanol–water partition coefficient (Wildman–Crippen LogP) is 1.53. The van der Waals surface area contributed by atoms with Crippen LogP contribution in [0.5, 0.6) is 0 Å². The number of aromatic nitrogens is 2. The van der Waals surface area contributed by atoms with E-state index in [-0.39, 0.29) is 0 Å². The summed E-state index contributed by atoms with van der Waals surface area (Å²) < 4.78 is 0. The molecular formula is C10H13N3. The molecule has 2 heterocycles. The van der Waals surface area contributed by atoms with Crippen molar-refractivity contribution >= 4 is 5.95 Å². The zero-order chi connectivity index (χ0) is 9.10. The van der Waals surface area contributed by atoms with Crippen LogP contribution in [0.3, 0.4) is 0 Å². The van der Waals surface area contributed by atoms with Crippen LogP contribution < -0.4 is 4.90 Å². The van der Waals surface area contributed by atoms with E-state index in [0.717, 1.165) is 19.0 Å². The van der Waals surface area contributed by atoms with Crippen molar-refractivity contribution in [2.75, 3.05) is 18.0 Å². The van der Waals surface area contributed by atoms with Gasteiger partial charge in [-0.05, 0) is 24.8 Å². The first kappa shape index (κ1) is 8.48. The lowest BCUT2D eigenvalue weighted by Gasteiger charge is -2.26. The number of hydrogen-bond donors (Lipinski definition) is 0. The lowest BCUT2D eigenvalue weighted by Crippen LogP contribution is -2.30. The molecule has 0 atom stereocenters. The van der Waals surface area contributed by atoms with Crippen LogP contribution in [-0.4, -0.2) is 23.1 Å². The van der Waals surface area contributed by atoms with Crippen molar-refractivity contribution < 1.29 is 0 Å². The van der Waals surface area contributed by atoms with Crippen molar-refractivity contribution in [2.45, 2.75) is 19.3 Å². The van der Waals surface area contributed by atoms with E-state index in [1.807, 2.05) is 0 Å². The molecule has 0 spiro atoms. The van der Waals surface area contributed by atoms with E-state index in [1.54, 1.807) is 12.4 Å². The fourth-order valence-corrected chi connectivity index (χ4v) is 1.59. The van der Waals surface area contributed by atoms with Crippen LogP contribution in [0.1, 0.15) is 24.8 Å². The summed E-state index contributed by atoms with van der Waals surface area (Å²) >= 11 is 0. The third-order valence-corrected chi connectivity index (χ3v) is 2.30.